The number of benzene rings is 1. The Bertz CT molecular complexity index is 589. The van der Waals surface area contributed by atoms with Crippen LogP contribution in [0.5, 0.6) is 11.5 Å². The lowest BCUT2D eigenvalue weighted by molar-refractivity contribution is -0.124. The molecule has 5 nitrogen and oxygen atoms in total. The van der Waals surface area contributed by atoms with E-state index in [0.717, 1.165) is 0 Å². The first-order valence-electron chi connectivity index (χ1n) is 5.89. The molecule has 20 heavy (non-hydrogen) atoms. The van der Waals surface area contributed by atoms with E-state index in [9.17, 15) is 9.90 Å². The fourth-order valence-corrected chi connectivity index (χ4v) is 1.92. The summed E-state index contributed by atoms with van der Waals surface area (Å²) >= 11 is 3.28. The number of hydrogen-bond donors (Lipinski definition) is 1. The van der Waals surface area contributed by atoms with Gasteiger partial charge in [-0.05, 0) is 30.7 Å². The first-order chi connectivity index (χ1) is 9.40. The van der Waals surface area contributed by atoms with E-state index in [4.69, 9.17) is 10.00 Å². The first kappa shape index (κ1) is 16.1. The zero-order valence-corrected chi connectivity index (χ0v) is 13.1. The lowest BCUT2D eigenvalue weighted by Gasteiger charge is -2.11. The van der Waals surface area contributed by atoms with Gasteiger partial charge in [-0.15, -0.1) is 0 Å². The average Bonchev–Trinajstić information content (AvgIpc) is 2.39. The number of carbonyl (C=O) groups is 1. The Labute approximate surface area is 126 Å². The second kappa shape index (κ2) is 6.96. The van der Waals surface area contributed by atoms with E-state index >= 15 is 0 Å². The Morgan fingerprint density at radius 3 is 2.70 bits per heavy atom. The molecule has 0 saturated heterocycles. The summed E-state index contributed by atoms with van der Waals surface area (Å²) in [7, 11) is 3.15. The number of nitriles is 1. The van der Waals surface area contributed by atoms with Crippen LogP contribution < -0.4 is 4.74 Å². The topological polar surface area (TPSA) is 73.6 Å². The molecule has 0 bridgehead atoms. The Kier molecular flexibility index (Phi) is 5.59. The van der Waals surface area contributed by atoms with Gasteiger partial charge in [0.25, 0.3) is 5.91 Å². The first-order valence-corrected chi connectivity index (χ1v) is 6.68. The van der Waals surface area contributed by atoms with Crippen LogP contribution in [0.3, 0.4) is 0 Å². The molecule has 0 saturated carbocycles. The van der Waals surface area contributed by atoms with Gasteiger partial charge < -0.3 is 14.7 Å². The smallest absolute Gasteiger partial charge is 0.264 e. The minimum absolute atomic E-state index is 0.00355. The molecule has 106 valence electrons. The Morgan fingerprint density at radius 1 is 1.55 bits per heavy atom. The summed E-state index contributed by atoms with van der Waals surface area (Å²) in [6, 6.07) is 4.91. The summed E-state index contributed by atoms with van der Waals surface area (Å²) in [6.07, 6.45) is 1.45. The van der Waals surface area contributed by atoms with Gasteiger partial charge >= 0.3 is 0 Å². The fourth-order valence-electron chi connectivity index (χ4n) is 1.48. The predicted molar refractivity (Wildman–Crippen MR) is 79.3 cm³/mol. The van der Waals surface area contributed by atoms with Gasteiger partial charge in [0.15, 0.2) is 11.5 Å². The molecule has 0 heterocycles. The van der Waals surface area contributed by atoms with Crippen LogP contribution in [0.2, 0.25) is 0 Å². The van der Waals surface area contributed by atoms with Crippen molar-refractivity contribution in [1.29, 1.82) is 5.26 Å². The monoisotopic (exact) mass is 338 g/mol. The molecule has 1 aromatic rings. The lowest BCUT2D eigenvalue weighted by atomic mass is 10.1. The van der Waals surface area contributed by atoms with Crippen molar-refractivity contribution in [2.75, 3.05) is 20.7 Å². The molecule has 0 atom stereocenters. The van der Waals surface area contributed by atoms with Gasteiger partial charge in [-0.25, -0.2) is 0 Å². The summed E-state index contributed by atoms with van der Waals surface area (Å²) in [5, 5.41) is 18.8. The third kappa shape index (κ3) is 3.75. The van der Waals surface area contributed by atoms with Crippen molar-refractivity contribution in [2.24, 2.45) is 0 Å². The summed E-state index contributed by atoms with van der Waals surface area (Å²) in [6.45, 7) is 2.20. The summed E-state index contributed by atoms with van der Waals surface area (Å²) in [5.74, 6) is -0.0877. The Morgan fingerprint density at radius 2 is 2.20 bits per heavy atom. The van der Waals surface area contributed by atoms with Gasteiger partial charge in [0.2, 0.25) is 0 Å². The van der Waals surface area contributed by atoms with E-state index in [1.54, 1.807) is 27.1 Å². The van der Waals surface area contributed by atoms with Gasteiger partial charge in [0.1, 0.15) is 11.6 Å². The van der Waals surface area contributed by atoms with Crippen LogP contribution in [0.25, 0.3) is 6.08 Å². The Hall–Kier alpha value is -2.00. The summed E-state index contributed by atoms with van der Waals surface area (Å²) < 4.78 is 5.84. The fraction of sp³-hybridized carbons (Fsp3) is 0.286. The minimum Gasteiger partial charge on any atom is -0.504 e. The number of aromatic hydroxyl groups is 1. The lowest BCUT2D eigenvalue weighted by Crippen LogP contribution is -2.22. The molecule has 0 spiro atoms. The molecular weight excluding hydrogens is 324 g/mol. The van der Waals surface area contributed by atoms with E-state index in [1.807, 2.05) is 6.07 Å². The number of rotatable bonds is 4. The van der Waals surface area contributed by atoms with Crippen LogP contribution in [0, 0.1) is 11.3 Å². The van der Waals surface area contributed by atoms with Crippen LogP contribution in [-0.2, 0) is 4.79 Å². The standard InChI is InChI=1S/C14H15BrN2O3/c1-4-20-13-6-9(11(15)7-12(13)18)5-10(8-16)14(19)17(2)3/h5-7,18H,4H2,1-3H3/b10-5-. The molecule has 0 unspecified atom stereocenters. The maximum absolute atomic E-state index is 11.8. The van der Waals surface area contributed by atoms with Crippen molar-refractivity contribution in [3.8, 4) is 17.6 Å². The number of amides is 1. The number of carbonyl (C=O) groups excluding carboxylic acids is 1. The third-order valence-electron chi connectivity index (χ3n) is 2.43. The van der Waals surface area contributed by atoms with Gasteiger partial charge in [0.05, 0.1) is 6.61 Å². The zero-order valence-electron chi connectivity index (χ0n) is 11.5. The molecule has 1 amide bonds. The number of ether oxygens (including phenoxy) is 1. The second-order valence-corrected chi connectivity index (χ2v) is 5.00. The van der Waals surface area contributed by atoms with Crippen molar-refractivity contribution in [2.45, 2.75) is 6.92 Å². The van der Waals surface area contributed by atoms with Crippen LogP contribution in [0.4, 0.5) is 0 Å². The van der Waals surface area contributed by atoms with Gasteiger partial charge in [-0.1, -0.05) is 15.9 Å². The van der Waals surface area contributed by atoms with E-state index in [1.165, 1.54) is 17.0 Å². The largest absolute Gasteiger partial charge is 0.504 e. The summed E-state index contributed by atoms with van der Waals surface area (Å²) in [5.41, 5.74) is 0.585. The quantitative estimate of drug-likeness (QED) is 0.676. The number of nitrogens with zero attached hydrogens (tertiary/aromatic N) is 2. The molecule has 0 aliphatic carbocycles. The van der Waals surface area contributed by atoms with Crippen molar-refractivity contribution in [3.63, 3.8) is 0 Å². The molecule has 1 rings (SSSR count). The molecule has 1 aromatic carbocycles. The molecule has 0 aromatic heterocycles. The third-order valence-corrected chi connectivity index (χ3v) is 3.12. The predicted octanol–water partition coefficient (Wildman–Crippen LogP) is 2.55. The Balaban J connectivity index is 3.28. The van der Waals surface area contributed by atoms with E-state index in [0.29, 0.717) is 22.4 Å². The second-order valence-electron chi connectivity index (χ2n) is 4.14. The SMILES string of the molecule is CCOc1cc(/C=C(/C#N)C(=O)N(C)C)c(Br)cc1O. The summed E-state index contributed by atoms with van der Waals surface area (Å²) in [4.78, 5) is 13.1. The van der Waals surface area contributed by atoms with Crippen molar-refractivity contribution in [1.82, 2.24) is 4.90 Å². The highest BCUT2D eigenvalue weighted by molar-refractivity contribution is 9.10. The highest BCUT2D eigenvalue weighted by Crippen LogP contribution is 2.33. The van der Waals surface area contributed by atoms with Crippen molar-refractivity contribution in [3.05, 3.63) is 27.7 Å². The van der Waals surface area contributed by atoms with Crippen LogP contribution >= 0.6 is 15.9 Å². The normalized spacial score (nSPS) is 10.8. The van der Waals surface area contributed by atoms with E-state index in [-0.39, 0.29) is 17.2 Å². The van der Waals surface area contributed by atoms with Crippen molar-refractivity contribution < 1.29 is 14.6 Å². The van der Waals surface area contributed by atoms with Gasteiger partial charge in [0, 0.05) is 18.6 Å². The highest BCUT2D eigenvalue weighted by atomic mass is 79.9. The molecule has 0 radical (unpaired) electrons. The minimum atomic E-state index is -0.384. The molecule has 1 N–H and O–H groups in total. The van der Waals surface area contributed by atoms with Crippen LogP contribution in [0.15, 0.2) is 22.2 Å². The number of phenols is 1. The van der Waals surface area contributed by atoms with Crippen LogP contribution in [-0.4, -0.2) is 36.6 Å². The molecule has 6 heteroatoms. The van der Waals surface area contributed by atoms with Gasteiger partial charge in [-0.2, -0.15) is 5.26 Å². The number of halogens is 1. The zero-order chi connectivity index (χ0) is 15.3. The molecule has 0 aliphatic heterocycles. The molecular formula is C14H15BrN2O3. The number of phenolic OH excluding ortho intramolecular Hbond substituents is 1. The maximum Gasteiger partial charge on any atom is 0.264 e. The highest BCUT2D eigenvalue weighted by Gasteiger charge is 2.13. The van der Waals surface area contributed by atoms with Crippen LogP contribution in [0.1, 0.15) is 12.5 Å². The van der Waals surface area contributed by atoms with E-state index < -0.39 is 0 Å². The van der Waals surface area contributed by atoms with Crippen molar-refractivity contribution >= 4 is 27.9 Å². The molecule has 0 fully saturated rings. The molecule has 0 aliphatic rings. The number of likely N-dealkylation sites (N-methyl/N-ethyl adjacent to an activating group) is 1. The number of hydrogen-bond acceptors (Lipinski definition) is 4. The van der Waals surface area contributed by atoms with E-state index in [2.05, 4.69) is 15.9 Å². The maximum atomic E-state index is 11.8. The average molecular weight is 339 g/mol. The van der Waals surface area contributed by atoms with Gasteiger partial charge in [-0.3, -0.25) is 4.79 Å².